The van der Waals surface area contributed by atoms with Gasteiger partial charge in [0.2, 0.25) is 0 Å². The average molecular weight is 265 g/mol. The highest BCUT2D eigenvalue weighted by Crippen LogP contribution is 2.32. The van der Waals surface area contributed by atoms with Crippen molar-refractivity contribution in [1.82, 2.24) is 0 Å². The molecular formula is C13H19N3O3. The number of anilines is 1. The molecule has 1 aliphatic heterocycles. The molecule has 0 saturated heterocycles. The van der Waals surface area contributed by atoms with Crippen LogP contribution < -0.4 is 20.5 Å². The first-order valence-electron chi connectivity index (χ1n) is 6.31. The van der Waals surface area contributed by atoms with E-state index in [0.717, 1.165) is 23.6 Å². The molecule has 2 rings (SSSR count). The van der Waals surface area contributed by atoms with E-state index in [1.807, 2.05) is 25.1 Å². The van der Waals surface area contributed by atoms with Crippen molar-refractivity contribution in [2.75, 3.05) is 18.5 Å². The Hall–Kier alpha value is -2.11. The molecular weight excluding hydrogens is 246 g/mol. The number of rotatable bonds is 4. The number of fused-ring (bicyclic) bond motifs is 1. The summed E-state index contributed by atoms with van der Waals surface area (Å²) >= 11 is 0. The van der Waals surface area contributed by atoms with Crippen LogP contribution in [0.4, 0.5) is 5.69 Å². The van der Waals surface area contributed by atoms with E-state index in [-0.39, 0.29) is 11.9 Å². The summed E-state index contributed by atoms with van der Waals surface area (Å²) in [5.41, 5.74) is 6.39. The van der Waals surface area contributed by atoms with E-state index >= 15 is 0 Å². The van der Waals surface area contributed by atoms with E-state index in [2.05, 4.69) is 10.5 Å². The largest absolute Gasteiger partial charge is 0.490 e. The average Bonchev–Trinajstić information content (AvgIpc) is 2.63. The van der Waals surface area contributed by atoms with Crippen molar-refractivity contribution < 1.29 is 14.7 Å². The van der Waals surface area contributed by atoms with Crippen molar-refractivity contribution in [1.29, 1.82) is 0 Å². The minimum absolute atomic E-state index is 0.0562. The molecule has 1 unspecified atom stereocenters. The quantitative estimate of drug-likeness (QED) is 0.334. The van der Waals surface area contributed by atoms with Gasteiger partial charge in [-0.2, -0.15) is 0 Å². The summed E-state index contributed by atoms with van der Waals surface area (Å²) in [6.07, 6.45) is 1.35. The lowest BCUT2D eigenvalue weighted by Gasteiger charge is -2.16. The minimum Gasteiger partial charge on any atom is -0.490 e. The number of amidine groups is 1. The Morgan fingerprint density at radius 2 is 2.16 bits per heavy atom. The minimum atomic E-state index is 0.0562. The second-order valence-corrected chi connectivity index (χ2v) is 4.55. The topological polar surface area (TPSA) is 89.1 Å². The summed E-state index contributed by atoms with van der Waals surface area (Å²) < 4.78 is 11.2. The molecule has 1 aromatic rings. The van der Waals surface area contributed by atoms with Gasteiger partial charge in [0.1, 0.15) is 5.84 Å². The first kappa shape index (κ1) is 13.3. The Balaban J connectivity index is 2.03. The van der Waals surface area contributed by atoms with E-state index < -0.39 is 0 Å². The summed E-state index contributed by atoms with van der Waals surface area (Å²) in [7, 11) is 0. The van der Waals surface area contributed by atoms with Crippen molar-refractivity contribution in [2.45, 2.75) is 25.8 Å². The number of ether oxygens (including phenoxy) is 2. The molecule has 1 atom stereocenters. The van der Waals surface area contributed by atoms with Crippen molar-refractivity contribution in [3.8, 4) is 11.5 Å². The monoisotopic (exact) mass is 265 g/mol. The zero-order valence-electron chi connectivity index (χ0n) is 10.9. The van der Waals surface area contributed by atoms with Gasteiger partial charge in [-0.3, -0.25) is 0 Å². The molecule has 0 radical (unpaired) electrons. The first-order chi connectivity index (χ1) is 9.19. The first-order valence-corrected chi connectivity index (χ1v) is 6.31. The van der Waals surface area contributed by atoms with E-state index in [1.54, 1.807) is 0 Å². The molecule has 104 valence electrons. The molecule has 1 aromatic carbocycles. The molecule has 1 heterocycles. The van der Waals surface area contributed by atoms with Crippen LogP contribution in [0.15, 0.2) is 23.4 Å². The van der Waals surface area contributed by atoms with E-state index in [0.29, 0.717) is 19.6 Å². The molecule has 1 aliphatic rings. The lowest BCUT2D eigenvalue weighted by atomic mass is 10.2. The molecule has 19 heavy (non-hydrogen) atoms. The van der Waals surface area contributed by atoms with Gasteiger partial charge in [0.25, 0.3) is 0 Å². The zero-order valence-corrected chi connectivity index (χ0v) is 10.9. The van der Waals surface area contributed by atoms with E-state index in [1.165, 1.54) is 0 Å². The predicted molar refractivity (Wildman–Crippen MR) is 73.2 cm³/mol. The van der Waals surface area contributed by atoms with Gasteiger partial charge in [0, 0.05) is 30.6 Å². The summed E-state index contributed by atoms with van der Waals surface area (Å²) in [5.74, 6) is 1.72. The maximum Gasteiger partial charge on any atom is 0.163 e. The van der Waals surface area contributed by atoms with Crippen molar-refractivity contribution in [3.05, 3.63) is 18.2 Å². The smallest absolute Gasteiger partial charge is 0.163 e. The van der Waals surface area contributed by atoms with Crippen molar-refractivity contribution in [3.63, 3.8) is 0 Å². The number of hydrogen-bond acceptors (Lipinski definition) is 5. The van der Waals surface area contributed by atoms with Crippen LogP contribution in [0.1, 0.15) is 19.8 Å². The molecule has 0 spiro atoms. The van der Waals surface area contributed by atoms with Crippen LogP contribution in [0.3, 0.4) is 0 Å². The number of nitrogens with one attached hydrogen (secondary N) is 1. The van der Waals surface area contributed by atoms with Gasteiger partial charge >= 0.3 is 0 Å². The SMILES string of the molecule is CC(CC(N)=NO)Nc1ccc2c(c1)OCCCO2. The Morgan fingerprint density at radius 1 is 1.42 bits per heavy atom. The van der Waals surface area contributed by atoms with E-state index in [4.69, 9.17) is 20.4 Å². The summed E-state index contributed by atoms with van der Waals surface area (Å²) in [5, 5.41) is 14.8. The number of benzene rings is 1. The molecule has 6 nitrogen and oxygen atoms in total. The maximum absolute atomic E-state index is 8.54. The number of oxime groups is 1. The van der Waals surface area contributed by atoms with Crippen LogP contribution in [-0.2, 0) is 0 Å². The number of hydrogen-bond donors (Lipinski definition) is 3. The molecule has 6 heteroatoms. The maximum atomic E-state index is 8.54. The van der Waals surface area contributed by atoms with Crippen molar-refractivity contribution in [2.24, 2.45) is 10.9 Å². The molecule has 0 bridgehead atoms. The molecule has 0 saturated carbocycles. The Morgan fingerprint density at radius 3 is 2.89 bits per heavy atom. The Labute approximate surface area is 112 Å². The molecule has 4 N–H and O–H groups in total. The lowest BCUT2D eigenvalue weighted by Crippen LogP contribution is -2.24. The summed E-state index contributed by atoms with van der Waals surface area (Å²) in [6.45, 7) is 3.30. The van der Waals surface area contributed by atoms with Gasteiger partial charge in [0.05, 0.1) is 13.2 Å². The number of nitrogens with two attached hydrogens (primary N) is 1. The van der Waals surface area contributed by atoms with Gasteiger partial charge in [-0.1, -0.05) is 5.16 Å². The van der Waals surface area contributed by atoms with Crippen molar-refractivity contribution >= 4 is 11.5 Å². The van der Waals surface area contributed by atoms with Crippen LogP contribution in [0, 0.1) is 0 Å². The van der Waals surface area contributed by atoms with E-state index in [9.17, 15) is 0 Å². The molecule has 0 fully saturated rings. The van der Waals surface area contributed by atoms with Crippen LogP contribution in [0.5, 0.6) is 11.5 Å². The lowest BCUT2D eigenvalue weighted by molar-refractivity contribution is 0.297. The highest BCUT2D eigenvalue weighted by molar-refractivity contribution is 5.80. The standard InChI is InChI=1S/C13H19N3O3/c1-9(7-13(14)16-17)15-10-3-4-11-12(8-10)19-6-2-5-18-11/h3-4,8-9,15,17H,2,5-7H2,1H3,(H2,14,16). The zero-order chi connectivity index (χ0) is 13.7. The third kappa shape index (κ3) is 3.67. The predicted octanol–water partition coefficient (Wildman–Crippen LogP) is 1.78. The fraction of sp³-hybridized carbons (Fsp3) is 0.462. The Bertz CT molecular complexity index is 462. The second kappa shape index (κ2) is 6.17. The van der Waals surface area contributed by atoms with Crippen LogP contribution in [-0.4, -0.2) is 30.3 Å². The molecule has 0 amide bonds. The third-order valence-corrected chi connectivity index (χ3v) is 2.80. The van der Waals surface area contributed by atoms with Gasteiger partial charge in [-0.25, -0.2) is 0 Å². The highest BCUT2D eigenvalue weighted by atomic mass is 16.5. The van der Waals surface area contributed by atoms with Crippen LogP contribution in [0.25, 0.3) is 0 Å². The van der Waals surface area contributed by atoms with Gasteiger partial charge in [-0.05, 0) is 19.1 Å². The Kier molecular flexibility index (Phi) is 4.33. The van der Waals surface area contributed by atoms with Gasteiger partial charge < -0.3 is 25.7 Å². The van der Waals surface area contributed by atoms with Crippen LogP contribution in [0.2, 0.25) is 0 Å². The fourth-order valence-corrected chi connectivity index (χ4v) is 1.94. The molecule has 0 aromatic heterocycles. The fourth-order valence-electron chi connectivity index (χ4n) is 1.94. The van der Waals surface area contributed by atoms with Gasteiger partial charge in [0.15, 0.2) is 11.5 Å². The normalized spacial score (nSPS) is 16.6. The number of nitrogens with zero attached hydrogens (tertiary/aromatic N) is 1. The summed E-state index contributed by atoms with van der Waals surface area (Å²) in [4.78, 5) is 0. The third-order valence-electron chi connectivity index (χ3n) is 2.80. The van der Waals surface area contributed by atoms with Gasteiger partial charge in [-0.15, -0.1) is 0 Å². The highest BCUT2D eigenvalue weighted by Gasteiger charge is 2.12. The summed E-state index contributed by atoms with van der Waals surface area (Å²) in [6, 6.07) is 5.78. The van der Waals surface area contributed by atoms with Crippen LogP contribution >= 0.6 is 0 Å². The molecule has 0 aliphatic carbocycles. The second-order valence-electron chi connectivity index (χ2n) is 4.55.